The second-order valence-electron chi connectivity index (χ2n) is 4.16. The number of piperazine rings is 2. The van der Waals surface area contributed by atoms with Crippen LogP contribution in [0.1, 0.15) is 6.92 Å². The predicted octanol–water partition coefficient (Wildman–Crippen LogP) is -0.406. The molecule has 2 aliphatic rings. The van der Waals surface area contributed by atoms with Crippen LogP contribution in [-0.2, 0) is 0 Å². The lowest BCUT2D eigenvalue weighted by atomic mass is 10.1. The van der Waals surface area contributed by atoms with Crippen molar-refractivity contribution in [2.24, 2.45) is 0 Å². The molecule has 1 N–H and O–H groups in total. The Labute approximate surface area is 74.7 Å². The molecular formula is C9H19N3. The highest BCUT2D eigenvalue weighted by atomic mass is 15.3. The third-order valence-electron chi connectivity index (χ3n) is 3.12. The van der Waals surface area contributed by atoms with Gasteiger partial charge in [-0.25, -0.2) is 0 Å². The number of likely N-dealkylation sites (N-methyl/N-ethyl adjacent to an activating group) is 1. The zero-order chi connectivity index (χ0) is 8.55. The smallest absolute Gasteiger partial charge is 0.0351 e. The van der Waals surface area contributed by atoms with E-state index in [9.17, 15) is 0 Å². The monoisotopic (exact) mass is 169 g/mol. The molecule has 3 heteroatoms. The molecule has 2 unspecified atom stereocenters. The van der Waals surface area contributed by atoms with Gasteiger partial charge < -0.3 is 10.2 Å². The van der Waals surface area contributed by atoms with Gasteiger partial charge in [-0.3, -0.25) is 4.90 Å². The van der Waals surface area contributed by atoms with E-state index in [-0.39, 0.29) is 0 Å². The lowest BCUT2D eigenvalue weighted by Crippen LogP contribution is -2.63. The Morgan fingerprint density at radius 3 is 2.92 bits per heavy atom. The molecule has 0 bridgehead atoms. The first-order chi connectivity index (χ1) is 5.77. The number of hydrogen-bond donors (Lipinski definition) is 1. The summed E-state index contributed by atoms with van der Waals surface area (Å²) in [6, 6.07) is 1.49. The molecule has 70 valence electrons. The minimum atomic E-state index is 0.734. The van der Waals surface area contributed by atoms with Gasteiger partial charge in [-0.15, -0.1) is 0 Å². The van der Waals surface area contributed by atoms with Gasteiger partial charge in [0.2, 0.25) is 0 Å². The van der Waals surface area contributed by atoms with E-state index in [4.69, 9.17) is 0 Å². The third kappa shape index (κ3) is 1.49. The minimum Gasteiger partial charge on any atom is -0.314 e. The van der Waals surface area contributed by atoms with Crippen LogP contribution in [0.15, 0.2) is 0 Å². The van der Waals surface area contributed by atoms with E-state index in [1.807, 2.05) is 0 Å². The van der Waals surface area contributed by atoms with Crippen molar-refractivity contribution in [1.82, 2.24) is 15.1 Å². The summed E-state index contributed by atoms with van der Waals surface area (Å²) in [5, 5.41) is 3.49. The van der Waals surface area contributed by atoms with Crippen molar-refractivity contribution in [3.05, 3.63) is 0 Å². The fourth-order valence-corrected chi connectivity index (χ4v) is 2.36. The Morgan fingerprint density at radius 1 is 1.25 bits per heavy atom. The normalized spacial score (nSPS) is 39.5. The van der Waals surface area contributed by atoms with E-state index in [1.165, 1.54) is 32.7 Å². The molecule has 3 nitrogen and oxygen atoms in total. The Balaban J connectivity index is 1.99. The lowest BCUT2D eigenvalue weighted by molar-refractivity contribution is 0.0366. The van der Waals surface area contributed by atoms with Crippen molar-refractivity contribution >= 4 is 0 Å². The fraction of sp³-hybridized carbons (Fsp3) is 1.00. The van der Waals surface area contributed by atoms with E-state index in [0.717, 1.165) is 12.1 Å². The number of rotatable bonds is 0. The van der Waals surface area contributed by atoms with Crippen LogP contribution in [0.3, 0.4) is 0 Å². The molecule has 0 aromatic heterocycles. The highest BCUT2D eigenvalue weighted by Gasteiger charge is 2.31. The van der Waals surface area contributed by atoms with Crippen molar-refractivity contribution in [2.45, 2.75) is 19.0 Å². The van der Waals surface area contributed by atoms with E-state index in [2.05, 4.69) is 29.1 Å². The van der Waals surface area contributed by atoms with Crippen LogP contribution in [-0.4, -0.2) is 61.7 Å². The molecule has 12 heavy (non-hydrogen) atoms. The van der Waals surface area contributed by atoms with Crippen LogP contribution in [0.5, 0.6) is 0 Å². The molecule has 0 radical (unpaired) electrons. The van der Waals surface area contributed by atoms with Gasteiger partial charge in [0, 0.05) is 44.8 Å². The van der Waals surface area contributed by atoms with Crippen LogP contribution in [0, 0.1) is 0 Å². The Hall–Kier alpha value is -0.120. The van der Waals surface area contributed by atoms with Crippen LogP contribution in [0.2, 0.25) is 0 Å². The van der Waals surface area contributed by atoms with Gasteiger partial charge in [-0.05, 0) is 14.0 Å². The molecular weight excluding hydrogens is 150 g/mol. The SMILES string of the molecule is CC1CNCC2CN(C)CCN12. The molecule has 2 fully saturated rings. The van der Waals surface area contributed by atoms with E-state index in [0.29, 0.717) is 0 Å². The molecule has 0 aromatic carbocycles. The van der Waals surface area contributed by atoms with E-state index in [1.54, 1.807) is 0 Å². The average Bonchev–Trinajstić information content (AvgIpc) is 2.04. The zero-order valence-electron chi connectivity index (χ0n) is 8.08. The first-order valence-electron chi connectivity index (χ1n) is 4.92. The number of hydrogen-bond acceptors (Lipinski definition) is 3. The predicted molar refractivity (Wildman–Crippen MR) is 50.3 cm³/mol. The van der Waals surface area contributed by atoms with Gasteiger partial charge in [0.15, 0.2) is 0 Å². The van der Waals surface area contributed by atoms with Gasteiger partial charge in [0.25, 0.3) is 0 Å². The largest absolute Gasteiger partial charge is 0.314 e. The maximum Gasteiger partial charge on any atom is 0.0351 e. The van der Waals surface area contributed by atoms with Crippen LogP contribution >= 0.6 is 0 Å². The molecule has 0 aromatic rings. The summed E-state index contributed by atoms with van der Waals surface area (Å²) in [6.07, 6.45) is 0. The molecule has 0 amide bonds. The first-order valence-corrected chi connectivity index (χ1v) is 4.92. The minimum absolute atomic E-state index is 0.734. The number of nitrogens with one attached hydrogen (secondary N) is 1. The van der Waals surface area contributed by atoms with Crippen LogP contribution < -0.4 is 5.32 Å². The summed E-state index contributed by atoms with van der Waals surface area (Å²) in [5.41, 5.74) is 0. The molecule has 0 saturated carbocycles. The highest BCUT2D eigenvalue weighted by Crippen LogP contribution is 2.14. The Morgan fingerprint density at radius 2 is 2.08 bits per heavy atom. The zero-order valence-corrected chi connectivity index (χ0v) is 8.08. The van der Waals surface area contributed by atoms with Crippen LogP contribution in [0.25, 0.3) is 0 Å². The van der Waals surface area contributed by atoms with Gasteiger partial charge in [0.1, 0.15) is 0 Å². The third-order valence-corrected chi connectivity index (χ3v) is 3.12. The second-order valence-corrected chi connectivity index (χ2v) is 4.16. The number of nitrogens with zero attached hydrogens (tertiary/aromatic N) is 2. The van der Waals surface area contributed by atoms with E-state index < -0.39 is 0 Å². The van der Waals surface area contributed by atoms with E-state index >= 15 is 0 Å². The molecule has 2 aliphatic heterocycles. The van der Waals surface area contributed by atoms with Crippen molar-refractivity contribution < 1.29 is 0 Å². The summed E-state index contributed by atoms with van der Waals surface area (Å²) in [5.74, 6) is 0. The average molecular weight is 169 g/mol. The molecule has 0 aliphatic carbocycles. The van der Waals surface area contributed by atoms with Crippen LogP contribution in [0.4, 0.5) is 0 Å². The Kier molecular flexibility index (Phi) is 2.35. The number of fused-ring (bicyclic) bond motifs is 1. The summed E-state index contributed by atoms with van der Waals surface area (Å²) in [7, 11) is 2.22. The fourth-order valence-electron chi connectivity index (χ4n) is 2.36. The van der Waals surface area contributed by atoms with Crippen molar-refractivity contribution in [3.63, 3.8) is 0 Å². The summed E-state index contributed by atoms with van der Waals surface area (Å²) in [4.78, 5) is 5.08. The first kappa shape index (κ1) is 8.48. The van der Waals surface area contributed by atoms with Crippen molar-refractivity contribution in [2.75, 3.05) is 39.8 Å². The van der Waals surface area contributed by atoms with Crippen molar-refractivity contribution in [3.8, 4) is 0 Å². The summed E-state index contributed by atoms with van der Waals surface area (Å²) < 4.78 is 0. The molecule has 0 spiro atoms. The van der Waals surface area contributed by atoms with Crippen molar-refractivity contribution in [1.29, 1.82) is 0 Å². The molecule has 2 saturated heterocycles. The van der Waals surface area contributed by atoms with Gasteiger partial charge in [-0.1, -0.05) is 0 Å². The maximum atomic E-state index is 3.49. The summed E-state index contributed by atoms with van der Waals surface area (Å²) >= 11 is 0. The van der Waals surface area contributed by atoms with Gasteiger partial charge >= 0.3 is 0 Å². The molecule has 2 atom stereocenters. The standard InChI is InChI=1S/C9H19N3/c1-8-5-10-6-9-7-11(2)3-4-12(8)9/h8-10H,3-7H2,1-2H3. The Bertz CT molecular complexity index is 160. The quantitative estimate of drug-likeness (QED) is 0.532. The maximum absolute atomic E-state index is 3.49. The highest BCUT2D eigenvalue weighted by molar-refractivity contribution is 4.89. The van der Waals surface area contributed by atoms with Gasteiger partial charge in [-0.2, -0.15) is 0 Å². The van der Waals surface area contributed by atoms with Gasteiger partial charge in [0.05, 0.1) is 0 Å². The molecule has 2 heterocycles. The topological polar surface area (TPSA) is 18.5 Å². The second kappa shape index (κ2) is 3.32. The summed E-state index contributed by atoms with van der Waals surface area (Å²) in [6.45, 7) is 8.39. The molecule has 2 rings (SSSR count). The lowest BCUT2D eigenvalue weighted by Gasteiger charge is -2.46.